The molecule has 2 saturated carbocycles. The van der Waals surface area contributed by atoms with Crippen LogP contribution in [-0.2, 0) is 9.59 Å². The van der Waals surface area contributed by atoms with Crippen molar-refractivity contribution in [2.24, 2.45) is 35.5 Å². The number of benzene rings is 2. The molecule has 0 unspecified atom stereocenters. The van der Waals surface area contributed by atoms with Gasteiger partial charge in [0.15, 0.2) is 0 Å². The summed E-state index contributed by atoms with van der Waals surface area (Å²) in [6, 6.07) is 11.4. The topological polar surface area (TPSA) is 66.5 Å². The molecule has 7 rings (SSSR count). The fourth-order valence-corrected chi connectivity index (χ4v) is 6.05. The Morgan fingerprint density at radius 3 is 2.06 bits per heavy atom. The Hall–Kier alpha value is -2.63. The monoisotopic (exact) mass is 452 g/mol. The van der Waals surface area contributed by atoms with Crippen molar-refractivity contribution in [1.29, 1.82) is 0 Å². The number of hydrogen-bond donors (Lipinski definition) is 1. The van der Waals surface area contributed by atoms with Crippen LogP contribution in [0.3, 0.4) is 0 Å². The summed E-state index contributed by atoms with van der Waals surface area (Å²) >= 11 is 11.9. The van der Waals surface area contributed by atoms with Gasteiger partial charge in [-0.15, -0.1) is 0 Å². The Labute approximate surface area is 189 Å². The van der Waals surface area contributed by atoms with E-state index in [0.29, 0.717) is 38.8 Å². The van der Waals surface area contributed by atoms with Gasteiger partial charge < -0.3 is 5.32 Å². The van der Waals surface area contributed by atoms with Crippen LogP contribution in [0.4, 0.5) is 11.4 Å². The molecule has 1 heterocycles. The summed E-state index contributed by atoms with van der Waals surface area (Å²) in [6.45, 7) is 0. The van der Waals surface area contributed by atoms with Gasteiger partial charge in [-0.05, 0) is 72.6 Å². The fraction of sp³-hybridized carbons (Fsp3) is 0.292. The highest BCUT2D eigenvalue weighted by molar-refractivity contribution is 6.42. The Balaban J connectivity index is 1.22. The quantitative estimate of drug-likeness (QED) is 0.536. The first-order chi connectivity index (χ1) is 14.9. The molecule has 2 aromatic carbocycles. The molecular weight excluding hydrogens is 435 g/mol. The van der Waals surface area contributed by atoms with E-state index in [4.69, 9.17) is 23.2 Å². The number of hydrogen-bond acceptors (Lipinski definition) is 3. The average Bonchev–Trinajstić information content (AvgIpc) is 3.54. The number of amides is 3. The lowest BCUT2D eigenvalue weighted by Crippen LogP contribution is -2.40. The first kappa shape index (κ1) is 19.1. The van der Waals surface area contributed by atoms with E-state index < -0.39 is 0 Å². The minimum Gasteiger partial charge on any atom is -0.322 e. The molecule has 31 heavy (non-hydrogen) atoms. The highest BCUT2D eigenvalue weighted by Gasteiger charge is 2.67. The van der Waals surface area contributed by atoms with Gasteiger partial charge in [-0.25, -0.2) is 0 Å². The van der Waals surface area contributed by atoms with Crippen LogP contribution in [0.15, 0.2) is 54.6 Å². The second kappa shape index (κ2) is 6.68. The van der Waals surface area contributed by atoms with Crippen molar-refractivity contribution in [2.45, 2.75) is 6.42 Å². The van der Waals surface area contributed by atoms with Gasteiger partial charge in [0.25, 0.3) is 5.91 Å². The highest BCUT2D eigenvalue weighted by atomic mass is 35.5. The fourth-order valence-electron chi connectivity index (χ4n) is 5.75. The van der Waals surface area contributed by atoms with Crippen molar-refractivity contribution in [3.8, 4) is 0 Å². The van der Waals surface area contributed by atoms with Crippen molar-refractivity contribution in [3.63, 3.8) is 0 Å². The van der Waals surface area contributed by atoms with Gasteiger partial charge in [-0.3, -0.25) is 19.3 Å². The van der Waals surface area contributed by atoms with Gasteiger partial charge in [0.1, 0.15) is 0 Å². The lowest BCUT2D eigenvalue weighted by molar-refractivity contribution is -0.124. The first-order valence-electron chi connectivity index (χ1n) is 10.4. The zero-order chi connectivity index (χ0) is 21.4. The number of carbonyl (C=O) groups excluding carboxylic acids is 3. The Kier molecular flexibility index (Phi) is 4.11. The third-order valence-corrected chi connectivity index (χ3v) is 7.97. The standard InChI is InChI=1S/C24H18Cl2N2O3/c25-18-8-3-12(9-19(18)26)27-22(29)11-1-4-13(5-2-11)28-23(30)20-14-6-7-15(17-10-16(14)17)21(20)24(28)31/h1-9,14-17,20-21H,10H2,(H,27,29)/t14-,15-,16-,17-,20+,21+/m1/s1. The number of anilines is 2. The van der Waals surface area contributed by atoms with E-state index in [9.17, 15) is 14.4 Å². The molecule has 2 aromatic rings. The maximum Gasteiger partial charge on any atom is 0.255 e. The number of halogens is 2. The van der Waals surface area contributed by atoms with Crippen LogP contribution in [0.5, 0.6) is 0 Å². The molecule has 3 amide bonds. The lowest BCUT2D eigenvalue weighted by Gasteiger charge is -2.37. The predicted octanol–water partition coefficient (Wildman–Crippen LogP) is 4.80. The minimum atomic E-state index is -0.319. The third kappa shape index (κ3) is 2.80. The van der Waals surface area contributed by atoms with Crippen LogP contribution in [0.1, 0.15) is 16.8 Å². The van der Waals surface area contributed by atoms with Gasteiger partial charge in [0, 0.05) is 11.3 Å². The molecule has 3 fully saturated rings. The molecule has 6 atom stereocenters. The maximum atomic E-state index is 13.2. The minimum absolute atomic E-state index is 0.104. The number of allylic oxidation sites excluding steroid dienone is 2. The van der Waals surface area contributed by atoms with E-state index in [1.807, 2.05) is 0 Å². The van der Waals surface area contributed by atoms with Gasteiger partial charge in [0.05, 0.1) is 27.6 Å². The van der Waals surface area contributed by atoms with E-state index in [1.165, 1.54) is 4.90 Å². The summed E-state index contributed by atoms with van der Waals surface area (Å²) in [5.74, 6) is 0.532. The van der Waals surface area contributed by atoms with Crippen LogP contribution in [0, 0.1) is 35.5 Å². The van der Waals surface area contributed by atoms with Gasteiger partial charge in [-0.1, -0.05) is 35.4 Å². The van der Waals surface area contributed by atoms with Crippen molar-refractivity contribution in [3.05, 3.63) is 70.2 Å². The molecule has 5 aliphatic rings. The van der Waals surface area contributed by atoms with Crippen molar-refractivity contribution < 1.29 is 14.4 Å². The molecule has 1 saturated heterocycles. The predicted molar refractivity (Wildman–Crippen MR) is 118 cm³/mol. The zero-order valence-corrected chi connectivity index (χ0v) is 17.8. The molecule has 0 aromatic heterocycles. The average molecular weight is 453 g/mol. The highest BCUT2D eigenvalue weighted by Crippen LogP contribution is 2.65. The maximum absolute atomic E-state index is 13.2. The van der Waals surface area contributed by atoms with E-state index in [-0.39, 0.29) is 41.4 Å². The lowest BCUT2D eigenvalue weighted by atomic mass is 9.63. The summed E-state index contributed by atoms with van der Waals surface area (Å²) in [7, 11) is 0. The number of nitrogens with zero attached hydrogens (tertiary/aromatic N) is 1. The Morgan fingerprint density at radius 2 is 1.48 bits per heavy atom. The molecule has 7 heteroatoms. The number of imide groups is 1. The molecule has 156 valence electrons. The summed E-state index contributed by atoms with van der Waals surface area (Å²) in [5.41, 5.74) is 1.46. The van der Waals surface area contributed by atoms with E-state index in [1.54, 1.807) is 42.5 Å². The van der Waals surface area contributed by atoms with Crippen LogP contribution in [0.2, 0.25) is 10.0 Å². The molecule has 5 nitrogen and oxygen atoms in total. The molecule has 0 radical (unpaired) electrons. The molecule has 0 spiro atoms. The van der Waals surface area contributed by atoms with Crippen molar-refractivity contribution >= 4 is 52.3 Å². The first-order valence-corrected chi connectivity index (χ1v) is 11.1. The molecule has 1 aliphatic heterocycles. The largest absolute Gasteiger partial charge is 0.322 e. The normalized spacial score (nSPS) is 32.1. The summed E-state index contributed by atoms with van der Waals surface area (Å²) in [4.78, 5) is 40.3. The number of nitrogens with one attached hydrogen (secondary N) is 1. The van der Waals surface area contributed by atoms with Gasteiger partial charge in [0.2, 0.25) is 11.8 Å². The smallest absolute Gasteiger partial charge is 0.255 e. The van der Waals surface area contributed by atoms with E-state index in [2.05, 4.69) is 17.5 Å². The summed E-state index contributed by atoms with van der Waals surface area (Å²) < 4.78 is 0. The van der Waals surface area contributed by atoms with Crippen LogP contribution >= 0.6 is 23.2 Å². The summed E-state index contributed by atoms with van der Waals surface area (Å²) in [5, 5.41) is 3.52. The number of rotatable bonds is 3. The SMILES string of the molecule is O=C(Nc1ccc(Cl)c(Cl)c1)c1ccc(N2C(=O)[C@H]3[C@@H]4C=C[C@H]([C@H]5C[C@H]45)[C@@H]3C2=O)cc1. The summed E-state index contributed by atoms with van der Waals surface area (Å²) in [6.07, 6.45) is 5.45. The van der Waals surface area contributed by atoms with Crippen LogP contribution in [-0.4, -0.2) is 17.7 Å². The van der Waals surface area contributed by atoms with Gasteiger partial charge >= 0.3 is 0 Å². The van der Waals surface area contributed by atoms with Crippen LogP contribution in [0.25, 0.3) is 0 Å². The van der Waals surface area contributed by atoms with Crippen molar-refractivity contribution in [2.75, 3.05) is 10.2 Å². The second-order valence-electron chi connectivity index (χ2n) is 8.80. The zero-order valence-electron chi connectivity index (χ0n) is 16.3. The molecular formula is C24H18Cl2N2O3. The molecule has 2 bridgehead atoms. The Bertz CT molecular complexity index is 1140. The molecule has 4 aliphatic carbocycles. The van der Waals surface area contributed by atoms with E-state index in [0.717, 1.165) is 6.42 Å². The number of carbonyl (C=O) groups is 3. The van der Waals surface area contributed by atoms with Gasteiger partial charge in [-0.2, -0.15) is 0 Å². The third-order valence-electron chi connectivity index (χ3n) is 7.23. The van der Waals surface area contributed by atoms with E-state index >= 15 is 0 Å². The van der Waals surface area contributed by atoms with Crippen molar-refractivity contribution in [1.82, 2.24) is 0 Å². The molecule has 1 N–H and O–H groups in total. The Morgan fingerprint density at radius 1 is 0.871 bits per heavy atom. The second-order valence-corrected chi connectivity index (χ2v) is 9.61. The van der Waals surface area contributed by atoms with Crippen LogP contribution < -0.4 is 10.2 Å².